The van der Waals surface area contributed by atoms with Crippen molar-refractivity contribution in [1.82, 2.24) is 42.5 Å². The summed E-state index contributed by atoms with van der Waals surface area (Å²) in [6, 6.07) is -2.12. The van der Waals surface area contributed by atoms with Gasteiger partial charge in [0.1, 0.15) is 29.4 Å². The number of Topliss-reactive ketones (excluding diaryl/α,β-unsaturated/α-hetero) is 3. The average Bonchev–Trinajstić information content (AvgIpc) is 1.24. The first kappa shape index (κ1) is 84.2. The van der Waals surface area contributed by atoms with E-state index >= 15 is 0 Å². The maximum atomic E-state index is 15.0. The number of rotatable bonds is 33. The maximum Gasteiger partial charge on any atom is 0.305 e. The lowest BCUT2D eigenvalue weighted by atomic mass is 9.84. The summed E-state index contributed by atoms with van der Waals surface area (Å²) in [7, 11) is 0. The lowest BCUT2D eigenvalue weighted by molar-refractivity contribution is -0.142. The second-order valence-corrected chi connectivity index (χ2v) is 28.2. The van der Waals surface area contributed by atoms with E-state index in [4.69, 9.17) is 17.2 Å². The summed E-state index contributed by atoms with van der Waals surface area (Å²) < 4.78 is 0. The molecule has 30 heteroatoms. The first-order chi connectivity index (χ1) is 47.4. The van der Waals surface area contributed by atoms with Crippen LogP contribution < -0.4 is 59.7 Å². The van der Waals surface area contributed by atoms with Gasteiger partial charge in [-0.3, -0.25) is 77.1 Å². The summed E-state index contributed by atoms with van der Waals surface area (Å²) in [6.45, 7) is 14.7. The predicted octanol–water partition coefficient (Wildman–Crippen LogP) is 2.38. The van der Waals surface area contributed by atoms with E-state index in [1.165, 1.54) is 11.8 Å². The normalized spacial score (nSPS) is 23.9. The molecule has 100 heavy (non-hydrogen) atoms. The van der Waals surface area contributed by atoms with Crippen LogP contribution in [0.2, 0.25) is 0 Å². The molecule has 9 amide bonds. The van der Waals surface area contributed by atoms with E-state index in [0.29, 0.717) is 35.6 Å². The SMILES string of the molecule is CCC(C)[C@@H]1CC(=O)[C@@H](CCCN)NC(=O)[C@@H](CC(=O)[C@@H](NC(=O)[C@@H](CCC(=O)O)CC(=O)[C@H](CC(C)C)NC(=O)C2CN=C([C@H](N)C(C)CC)S2)C(C)CC)CCCCNC(=O)[C@H](CC(N)=O)NC(=O)[C@@H](CC(=O)O)NC(=O)[C@H](CC2=CCC=N2)NC(=O)[C@H](Cc2ccccc2)NC1=O. The number of hydrogen-bond donors (Lipinski definition) is 13. The molecule has 1 saturated heterocycles. The van der Waals surface area contributed by atoms with Gasteiger partial charge in [-0.15, -0.1) is 0 Å². The highest BCUT2D eigenvalue weighted by molar-refractivity contribution is 8.15. The van der Waals surface area contributed by atoms with Gasteiger partial charge < -0.3 is 69.9 Å². The molecule has 0 saturated carbocycles. The van der Waals surface area contributed by atoms with Crippen molar-refractivity contribution >= 4 is 105 Å². The van der Waals surface area contributed by atoms with Crippen molar-refractivity contribution in [3.05, 3.63) is 47.7 Å². The molecule has 4 unspecified atom stereocenters. The highest BCUT2D eigenvalue weighted by Gasteiger charge is 2.40. The van der Waals surface area contributed by atoms with E-state index in [9.17, 15) is 77.3 Å². The summed E-state index contributed by atoms with van der Waals surface area (Å²) in [5.41, 5.74) is 18.9. The fourth-order valence-electron chi connectivity index (χ4n) is 11.9. The maximum absolute atomic E-state index is 15.0. The summed E-state index contributed by atoms with van der Waals surface area (Å²) >= 11 is 1.23. The van der Waals surface area contributed by atoms with Crippen molar-refractivity contribution in [3.63, 3.8) is 0 Å². The van der Waals surface area contributed by atoms with Gasteiger partial charge in [0.2, 0.25) is 53.2 Å². The molecule has 3 aliphatic heterocycles. The summed E-state index contributed by atoms with van der Waals surface area (Å²) in [4.78, 5) is 205. The third-order valence-electron chi connectivity index (χ3n) is 18.6. The van der Waals surface area contributed by atoms with Gasteiger partial charge in [-0.05, 0) is 74.3 Å². The zero-order chi connectivity index (χ0) is 74.3. The van der Waals surface area contributed by atoms with Gasteiger partial charge in [0.15, 0.2) is 17.3 Å². The van der Waals surface area contributed by atoms with Gasteiger partial charge in [0.05, 0.1) is 48.6 Å². The van der Waals surface area contributed by atoms with Gasteiger partial charge >= 0.3 is 11.9 Å². The van der Waals surface area contributed by atoms with Crippen LogP contribution in [-0.4, -0.2) is 177 Å². The minimum Gasteiger partial charge on any atom is -0.481 e. The molecule has 0 radical (unpaired) electrons. The van der Waals surface area contributed by atoms with Crippen LogP contribution in [0.25, 0.3) is 0 Å². The van der Waals surface area contributed by atoms with E-state index in [1.54, 1.807) is 70.3 Å². The zero-order valence-corrected chi connectivity index (χ0v) is 59.8. The van der Waals surface area contributed by atoms with Crippen LogP contribution in [0.5, 0.6) is 0 Å². The fraction of sp³-hybridized carbons (Fsp3) is 0.657. The lowest BCUT2D eigenvalue weighted by Crippen LogP contribution is -2.59. The number of ketones is 3. The monoisotopic (exact) mass is 1420 g/mol. The summed E-state index contributed by atoms with van der Waals surface area (Å²) in [5, 5.41) is 41.1. The number of aliphatic carboxylic acids is 2. The molecule has 4 rings (SSSR count). The number of carboxylic acid groups (broad SMARTS) is 2. The highest BCUT2D eigenvalue weighted by Crippen LogP contribution is 2.29. The second-order valence-electron chi connectivity index (χ2n) is 27.0. The Balaban J connectivity index is 1.76. The number of nitrogens with one attached hydrogen (secondary N) is 8. The summed E-state index contributed by atoms with van der Waals surface area (Å²) in [5.74, 6) is -17.3. The molecule has 15 atom stereocenters. The number of nitrogens with zero attached hydrogens (tertiary/aromatic N) is 2. The molecule has 0 aliphatic carbocycles. The van der Waals surface area contributed by atoms with E-state index in [-0.39, 0.29) is 95.3 Å². The Bertz CT molecular complexity index is 3130. The number of benzene rings is 1. The molecule has 3 heterocycles. The Morgan fingerprint density at radius 2 is 1.32 bits per heavy atom. The number of hydrogen-bond acceptors (Lipinski definition) is 19. The van der Waals surface area contributed by atoms with E-state index in [0.717, 1.165) is 6.42 Å². The highest BCUT2D eigenvalue weighted by atomic mass is 32.2. The topological polar surface area (TPSA) is 478 Å². The summed E-state index contributed by atoms with van der Waals surface area (Å²) in [6.07, 6.45) is 0.957. The van der Waals surface area contributed by atoms with E-state index < -0.39 is 198 Å². The first-order valence-corrected chi connectivity index (χ1v) is 35.9. The van der Waals surface area contributed by atoms with Crippen LogP contribution in [0, 0.1) is 41.4 Å². The average molecular weight is 1420 g/mol. The number of carboxylic acids is 2. The van der Waals surface area contributed by atoms with Gasteiger partial charge in [-0.1, -0.05) is 129 Å². The fourth-order valence-corrected chi connectivity index (χ4v) is 13.0. The van der Waals surface area contributed by atoms with Crippen LogP contribution in [0.1, 0.15) is 177 Å². The third-order valence-corrected chi connectivity index (χ3v) is 19.9. The molecule has 0 aromatic heterocycles. The molecular formula is C70H107N13O16S. The number of primary amides is 1. The standard InChI is InChI=1S/C70H107N13O16S/c1-9-39(6)46-34-54(85)47(23-17-26-71)77-62(92)43(32-55(86)61(41(8)11-3)83-63(93)44(24-25-58(88)89)31-53(84)48(29-38(4)5)78-69(99)56-37-76-70(100-56)60(73)40(7)10-2)21-15-16-27-75-65(95)51(35-57(72)87)81-68(98)52(36-59(90)91)82-67(97)50(33-45-22-18-28-74-45)80-66(96)49(79-64(46)94)30-42-19-13-12-14-20-42/h12-14,19-20,22,28,38-41,43-44,46-52,56,60-61H,9-11,15-18,21,23-27,29-37,71,73H2,1-8H3,(H2,72,87)(H,75,95)(H,77,92)(H,78,99)(H,79,94)(H,80,96)(H,81,98)(H,82,97)(H,83,93)(H,88,89)(H,90,91)/t39?,40?,41?,43-,44+,46+,47-,48+,49+,50+,51+,52-,56?,60-,61+/m1/s1. The van der Waals surface area contributed by atoms with Crippen LogP contribution in [0.3, 0.4) is 0 Å². The number of amides is 9. The van der Waals surface area contributed by atoms with Crippen LogP contribution >= 0.6 is 11.8 Å². The van der Waals surface area contributed by atoms with Crippen molar-refractivity contribution in [1.29, 1.82) is 0 Å². The molecule has 554 valence electrons. The van der Waals surface area contributed by atoms with Crippen molar-refractivity contribution in [2.75, 3.05) is 19.6 Å². The third kappa shape index (κ3) is 28.1. The molecule has 1 aromatic rings. The van der Waals surface area contributed by atoms with Crippen molar-refractivity contribution in [2.45, 2.75) is 231 Å². The quantitative estimate of drug-likeness (QED) is 0.0480. The Labute approximate surface area is 589 Å². The molecule has 0 bridgehead atoms. The van der Waals surface area contributed by atoms with E-state index in [2.05, 4.69) is 52.5 Å². The smallest absolute Gasteiger partial charge is 0.305 e. The Kier molecular flexibility index (Phi) is 36.0. The molecule has 1 aromatic carbocycles. The molecular weight excluding hydrogens is 1310 g/mol. The largest absolute Gasteiger partial charge is 0.481 e. The zero-order valence-electron chi connectivity index (χ0n) is 59.0. The molecule has 1 fully saturated rings. The molecule has 16 N–H and O–H groups in total. The van der Waals surface area contributed by atoms with Gasteiger partial charge in [-0.25, -0.2) is 0 Å². The van der Waals surface area contributed by atoms with Crippen molar-refractivity contribution < 1.29 is 77.3 Å². The molecule has 3 aliphatic rings. The van der Waals surface area contributed by atoms with Crippen molar-refractivity contribution in [3.8, 4) is 0 Å². The molecule has 0 spiro atoms. The first-order valence-electron chi connectivity index (χ1n) is 35.0. The number of thioether (sulfide) groups is 1. The Morgan fingerprint density at radius 3 is 1.91 bits per heavy atom. The minimum atomic E-state index is -1.91. The van der Waals surface area contributed by atoms with Crippen LogP contribution in [0.4, 0.5) is 0 Å². The second kappa shape index (κ2) is 42.8. The van der Waals surface area contributed by atoms with Gasteiger partial charge in [-0.2, -0.15) is 0 Å². The number of carbonyl (C=O) groups excluding carboxylic acids is 12. The van der Waals surface area contributed by atoms with E-state index in [1.807, 2.05) is 27.7 Å². The number of allylic oxidation sites excluding steroid dienone is 1. The Hall–Kier alpha value is -8.25. The van der Waals surface area contributed by atoms with Gasteiger partial charge in [0.25, 0.3) is 0 Å². The molecule has 29 nitrogen and oxygen atoms in total. The van der Waals surface area contributed by atoms with Crippen LogP contribution in [-0.2, 0) is 73.5 Å². The number of carbonyl (C=O) groups is 14. The minimum absolute atomic E-state index is 0.00634. The van der Waals surface area contributed by atoms with Crippen LogP contribution in [0.15, 0.2) is 52.1 Å². The van der Waals surface area contributed by atoms with Crippen molar-refractivity contribution in [2.24, 2.45) is 68.6 Å². The number of nitrogens with two attached hydrogens (primary N) is 3. The van der Waals surface area contributed by atoms with Gasteiger partial charge in [0, 0.05) is 81.2 Å². The number of aliphatic imine (C=N–C) groups is 2. The lowest BCUT2D eigenvalue weighted by Gasteiger charge is -2.29. The Morgan fingerprint density at radius 1 is 0.700 bits per heavy atom. The predicted molar refractivity (Wildman–Crippen MR) is 376 cm³/mol.